The monoisotopic (exact) mass is 332 g/mol. The number of anilines is 1. The molecule has 0 unspecified atom stereocenters. The lowest BCUT2D eigenvalue weighted by atomic mass is 10.0. The molecule has 0 N–H and O–H groups in total. The summed E-state index contributed by atoms with van der Waals surface area (Å²) in [5.74, 6) is 0.880. The highest BCUT2D eigenvalue weighted by molar-refractivity contribution is 9.10. The van der Waals surface area contributed by atoms with Gasteiger partial charge in [-0.3, -0.25) is 0 Å². The first-order valence-corrected chi connectivity index (χ1v) is 7.42. The zero-order valence-electron chi connectivity index (χ0n) is 10.7. The SMILES string of the molecule is CCN1CCC(N(C)c2nc(Cl)ncc2Br)CC1. The average molecular weight is 334 g/mol. The minimum Gasteiger partial charge on any atom is -0.356 e. The smallest absolute Gasteiger partial charge is 0.224 e. The van der Waals surface area contributed by atoms with Gasteiger partial charge in [0.1, 0.15) is 5.82 Å². The van der Waals surface area contributed by atoms with Crippen molar-refractivity contribution in [3.8, 4) is 0 Å². The van der Waals surface area contributed by atoms with Gasteiger partial charge in [-0.25, -0.2) is 4.98 Å². The molecular weight excluding hydrogens is 316 g/mol. The Hall–Kier alpha value is -0.390. The maximum atomic E-state index is 5.87. The second-order valence-electron chi connectivity index (χ2n) is 4.59. The van der Waals surface area contributed by atoms with Crippen molar-refractivity contribution in [2.75, 3.05) is 31.6 Å². The molecule has 1 saturated heterocycles. The first kappa shape index (κ1) is 14.0. The molecule has 100 valence electrons. The van der Waals surface area contributed by atoms with E-state index in [0.29, 0.717) is 11.3 Å². The minimum absolute atomic E-state index is 0.297. The highest BCUT2D eigenvalue weighted by Crippen LogP contribution is 2.27. The Morgan fingerprint density at radius 2 is 2.17 bits per heavy atom. The zero-order valence-corrected chi connectivity index (χ0v) is 13.1. The maximum absolute atomic E-state index is 5.87. The van der Waals surface area contributed by atoms with Crippen LogP contribution in [0.25, 0.3) is 0 Å². The fraction of sp³-hybridized carbons (Fsp3) is 0.667. The fourth-order valence-electron chi connectivity index (χ4n) is 2.38. The number of piperidine rings is 1. The summed E-state index contributed by atoms with van der Waals surface area (Å²) in [6.45, 7) is 5.66. The third-order valence-electron chi connectivity index (χ3n) is 3.58. The summed E-state index contributed by atoms with van der Waals surface area (Å²) in [7, 11) is 2.08. The van der Waals surface area contributed by atoms with Gasteiger partial charge in [-0.2, -0.15) is 4.98 Å². The van der Waals surface area contributed by atoms with Crippen LogP contribution in [0.1, 0.15) is 19.8 Å². The molecule has 0 bridgehead atoms. The van der Waals surface area contributed by atoms with E-state index in [1.807, 2.05) is 0 Å². The summed E-state index contributed by atoms with van der Waals surface area (Å²) < 4.78 is 0.896. The summed E-state index contributed by atoms with van der Waals surface area (Å²) in [6, 6.07) is 0.523. The van der Waals surface area contributed by atoms with Crippen LogP contribution in [0.4, 0.5) is 5.82 Å². The number of nitrogens with zero attached hydrogens (tertiary/aromatic N) is 4. The standard InChI is InChI=1S/C12H18BrClN4/c1-3-18-6-4-9(5-7-18)17(2)11-10(13)8-15-12(14)16-11/h8-9H,3-7H2,1-2H3. The van der Waals surface area contributed by atoms with Gasteiger partial charge in [0.25, 0.3) is 0 Å². The number of hydrogen-bond donors (Lipinski definition) is 0. The van der Waals surface area contributed by atoms with E-state index in [4.69, 9.17) is 11.6 Å². The Balaban J connectivity index is 2.07. The summed E-state index contributed by atoms with van der Waals surface area (Å²) in [4.78, 5) is 13.0. The third-order valence-corrected chi connectivity index (χ3v) is 4.32. The molecule has 0 atom stereocenters. The fourth-order valence-corrected chi connectivity index (χ4v) is 2.98. The molecule has 0 amide bonds. The molecule has 1 fully saturated rings. The van der Waals surface area contributed by atoms with Crippen LogP contribution < -0.4 is 4.90 Å². The third kappa shape index (κ3) is 3.13. The predicted octanol–water partition coefficient (Wildman–Crippen LogP) is 2.81. The van der Waals surface area contributed by atoms with Gasteiger partial charge in [0.05, 0.1) is 4.47 Å². The van der Waals surface area contributed by atoms with Gasteiger partial charge in [0, 0.05) is 32.4 Å². The summed E-state index contributed by atoms with van der Waals surface area (Å²) in [5, 5.41) is 0.297. The van der Waals surface area contributed by atoms with Gasteiger partial charge >= 0.3 is 0 Å². The van der Waals surface area contributed by atoms with Gasteiger partial charge in [0.15, 0.2) is 0 Å². The van der Waals surface area contributed by atoms with Crippen molar-refractivity contribution >= 4 is 33.3 Å². The molecular formula is C12H18BrClN4. The van der Waals surface area contributed by atoms with E-state index >= 15 is 0 Å². The summed E-state index contributed by atoms with van der Waals surface area (Å²) in [6.07, 6.45) is 4.04. The lowest BCUT2D eigenvalue weighted by molar-refractivity contribution is 0.220. The molecule has 1 aromatic rings. The molecule has 6 heteroatoms. The number of rotatable bonds is 3. The highest BCUT2D eigenvalue weighted by atomic mass is 79.9. The molecule has 1 aliphatic rings. The van der Waals surface area contributed by atoms with Crippen molar-refractivity contribution in [2.24, 2.45) is 0 Å². The van der Waals surface area contributed by atoms with E-state index < -0.39 is 0 Å². The molecule has 1 aliphatic heterocycles. The van der Waals surface area contributed by atoms with Crippen LogP contribution in [0.2, 0.25) is 5.28 Å². The van der Waals surface area contributed by atoms with Crippen molar-refractivity contribution in [3.63, 3.8) is 0 Å². The highest BCUT2D eigenvalue weighted by Gasteiger charge is 2.23. The van der Waals surface area contributed by atoms with Gasteiger partial charge < -0.3 is 9.80 Å². The molecule has 0 saturated carbocycles. The first-order valence-electron chi connectivity index (χ1n) is 6.25. The van der Waals surface area contributed by atoms with E-state index in [1.54, 1.807) is 6.20 Å². The quantitative estimate of drug-likeness (QED) is 0.796. The lowest BCUT2D eigenvalue weighted by Gasteiger charge is -2.37. The molecule has 2 rings (SSSR count). The minimum atomic E-state index is 0.297. The predicted molar refractivity (Wildman–Crippen MR) is 78.3 cm³/mol. The van der Waals surface area contributed by atoms with Crippen molar-refractivity contribution in [3.05, 3.63) is 16.0 Å². The Labute approximate surface area is 121 Å². The number of halogens is 2. The van der Waals surface area contributed by atoms with Crippen LogP contribution in [-0.4, -0.2) is 47.6 Å². The van der Waals surface area contributed by atoms with Gasteiger partial charge in [0.2, 0.25) is 5.28 Å². The van der Waals surface area contributed by atoms with Crippen LogP contribution in [0.5, 0.6) is 0 Å². The Morgan fingerprint density at radius 1 is 1.50 bits per heavy atom. The normalized spacial score (nSPS) is 18.0. The zero-order chi connectivity index (χ0) is 13.1. The van der Waals surface area contributed by atoms with Gasteiger partial charge in [-0.05, 0) is 46.9 Å². The van der Waals surface area contributed by atoms with Crippen molar-refractivity contribution in [1.82, 2.24) is 14.9 Å². The number of likely N-dealkylation sites (tertiary alicyclic amines) is 1. The van der Waals surface area contributed by atoms with Crippen molar-refractivity contribution in [1.29, 1.82) is 0 Å². The molecule has 18 heavy (non-hydrogen) atoms. The van der Waals surface area contributed by atoms with E-state index in [9.17, 15) is 0 Å². The molecule has 2 heterocycles. The topological polar surface area (TPSA) is 32.3 Å². The van der Waals surface area contributed by atoms with Crippen LogP contribution in [0, 0.1) is 0 Å². The van der Waals surface area contributed by atoms with Crippen LogP contribution in [0.15, 0.2) is 10.7 Å². The molecule has 4 nitrogen and oxygen atoms in total. The van der Waals surface area contributed by atoms with E-state index in [-0.39, 0.29) is 0 Å². The van der Waals surface area contributed by atoms with E-state index in [2.05, 4.69) is 49.7 Å². The molecule has 0 radical (unpaired) electrons. The second kappa shape index (κ2) is 6.17. The largest absolute Gasteiger partial charge is 0.356 e. The van der Waals surface area contributed by atoms with Gasteiger partial charge in [-0.1, -0.05) is 6.92 Å². The Bertz CT molecular complexity index is 407. The lowest BCUT2D eigenvalue weighted by Crippen LogP contribution is -2.43. The number of aromatic nitrogens is 2. The van der Waals surface area contributed by atoms with E-state index in [0.717, 1.165) is 29.9 Å². The van der Waals surface area contributed by atoms with Crippen molar-refractivity contribution < 1.29 is 0 Å². The maximum Gasteiger partial charge on any atom is 0.224 e. The second-order valence-corrected chi connectivity index (χ2v) is 5.78. The molecule has 0 aliphatic carbocycles. The van der Waals surface area contributed by atoms with Crippen LogP contribution in [0.3, 0.4) is 0 Å². The summed E-state index contributed by atoms with van der Waals surface area (Å²) >= 11 is 9.35. The van der Waals surface area contributed by atoms with Crippen molar-refractivity contribution in [2.45, 2.75) is 25.8 Å². The van der Waals surface area contributed by atoms with E-state index in [1.165, 1.54) is 12.8 Å². The average Bonchev–Trinajstić information content (AvgIpc) is 2.41. The molecule has 1 aromatic heterocycles. The Morgan fingerprint density at radius 3 is 2.78 bits per heavy atom. The number of hydrogen-bond acceptors (Lipinski definition) is 4. The van der Waals surface area contributed by atoms with Gasteiger partial charge in [-0.15, -0.1) is 0 Å². The van der Waals surface area contributed by atoms with Crippen LogP contribution >= 0.6 is 27.5 Å². The molecule has 0 spiro atoms. The first-order chi connectivity index (χ1) is 8.61. The Kier molecular flexibility index (Phi) is 4.81. The summed E-state index contributed by atoms with van der Waals surface area (Å²) in [5.41, 5.74) is 0. The molecule has 0 aromatic carbocycles. The van der Waals surface area contributed by atoms with Crippen LogP contribution in [-0.2, 0) is 0 Å².